The summed E-state index contributed by atoms with van der Waals surface area (Å²) < 4.78 is 18.5. The molecular formula is C31H32N4O6. The Kier molecular flexibility index (Phi) is 7.74. The minimum atomic E-state index is -0.622. The quantitative estimate of drug-likeness (QED) is 0.298. The van der Waals surface area contributed by atoms with Crippen molar-refractivity contribution in [1.29, 1.82) is 0 Å². The molecule has 1 amide bonds. The molecule has 0 saturated heterocycles. The Morgan fingerprint density at radius 3 is 2.39 bits per heavy atom. The Morgan fingerprint density at radius 2 is 1.71 bits per heavy atom. The molecule has 0 spiro atoms. The van der Waals surface area contributed by atoms with Gasteiger partial charge in [-0.1, -0.05) is 13.8 Å². The molecule has 1 atom stereocenters. The summed E-state index contributed by atoms with van der Waals surface area (Å²) in [7, 11) is 3.11. The lowest BCUT2D eigenvalue weighted by atomic mass is 9.91. The van der Waals surface area contributed by atoms with Gasteiger partial charge >= 0.3 is 0 Å². The Labute approximate surface area is 237 Å². The highest BCUT2D eigenvalue weighted by molar-refractivity contribution is 6.06. The van der Waals surface area contributed by atoms with Crippen molar-refractivity contribution in [1.82, 2.24) is 14.5 Å². The fourth-order valence-electron chi connectivity index (χ4n) is 4.97. The molecule has 0 bridgehead atoms. The highest BCUT2D eigenvalue weighted by atomic mass is 16.5. The van der Waals surface area contributed by atoms with Crippen molar-refractivity contribution in [2.75, 3.05) is 19.5 Å². The fraction of sp³-hybridized carbons (Fsp3) is 0.323. The van der Waals surface area contributed by atoms with Crippen molar-refractivity contribution in [3.63, 3.8) is 0 Å². The maximum absolute atomic E-state index is 13.5. The van der Waals surface area contributed by atoms with E-state index in [1.54, 1.807) is 55.3 Å². The van der Waals surface area contributed by atoms with Crippen LogP contribution in [0.4, 0.5) is 5.82 Å². The summed E-state index contributed by atoms with van der Waals surface area (Å²) in [4.78, 5) is 48.2. The van der Waals surface area contributed by atoms with E-state index in [9.17, 15) is 14.4 Å². The van der Waals surface area contributed by atoms with Crippen LogP contribution >= 0.6 is 0 Å². The van der Waals surface area contributed by atoms with Crippen molar-refractivity contribution in [2.24, 2.45) is 5.92 Å². The number of nitrogens with zero attached hydrogens (tertiary/aromatic N) is 3. The molecule has 3 heterocycles. The zero-order chi connectivity index (χ0) is 29.3. The number of ether oxygens (including phenoxy) is 3. The summed E-state index contributed by atoms with van der Waals surface area (Å²) in [5.41, 5.74) is 1.33. The van der Waals surface area contributed by atoms with E-state index in [0.717, 1.165) is 5.39 Å². The van der Waals surface area contributed by atoms with Gasteiger partial charge in [0, 0.05) is 41.4 Å². The molecule has 1 aromatic carbocycles. The summed E-state index contributed by atoms with van der Waals surface area (Å²) in [6.45, 7) is 5.96. The second kappa shape index (κ2) is 11.4. The third-order valence-corrected chi connectivity index (χ3v) is 7.49. The van der Waals surface area contributed by atoms with Crippen molar-refractivity contribution in [2.45, 2.75) is 46.1 Å². The first-order chi connectivity index (χ1) is 19.7. The van der Waals surface area contributed by atoms with Gasteiger partial charge in [0.15, 0.2) is 17.3 Å². The van der Waals surface area contributed by atoms with Gasteiger partial charge in [-0.15, -0.1) is 0 Å². The molecule has 1 aliphatic rings. The van der Waals surface area contributed by atoms with Crippen LogP contribution in [0.5, 0.6) is 23.0 Å². The van der Waals surface area contributed by atoms with Crippen LogP contribution in [0.1, 0.15) is 66.1 Å². The van der Waals surface area contributed by atoms with Crippen LogP contribution in [0, 0.1) is 5.92 Å². The molecule has 1 aliphatic carbocycles. The van der Waals surface area contributed by atoms with Gasteiger partial charge in [-0.25, -0.2) is 4.98 Å². The van der Waals surface area contributed by atoms with Gasteiger partial charge in [0.05, 0.1) is 25.9 Å². The number of ketones is 1. The van der Waals surface area contributed by atoms with Gasteiger partial charge in [0.1, 0.15) is 22.9 Å². The predicted molar refractivity (Wildman–Crippen MR) is 155 cm³/mol. The largest absolute Gasteiger partial charge is 0.493 e. The molecule has 0 radical (unpaired) electrons. The highest BCUT2D eigenvalue weighted by Gasteiger charge is 2.28. The predicted octanol–water partition coefficient (Wildman–Crippen LogP) is 5.59. The standard InChI is InChI=1S/C31H32N4O6/c1-17(2)18(3)35-24-7-6-8-25(36)21(24)13-22(31(35)38)30(37)34-29-10-9-19(16-33-29)41-26-11-12-32-23-15-28(40-5)27(39-4)14-20(23)26/h9-18H,6-8H2,1-5H3,(H,33,34,37). The van der Waals surface area contributed by atoms with Crippen molar-refractivity contribution >= 4 is 28.4 Å². The van der Waals surface area contributed by atoms with Gasteiger partial charge in [0.2, 0.25) is 0 Å². The number of fused-ring (bicyclic) bond motifs is 2. The van der Waals surface area contributed by atoms with Gasteiger partial charge < -0.3 is 24.1 Å². The number of hydrogen-bond acceptors (Lipinski definition) is 8. The molecule has 41 heavy (non-hydrogen) atoms. The van der Waals surface area contributed by atoms with E-state index < -0.39 is 11.5 Å². The first-order valence-electron chi connectivity index (χ1n) is 13.5. The fourth-order valence-corrected chi connectivity index (χ4v) is 4.97. The third-order valence-electron chi connectivity index (χ3n) is 7.49. The summed E-state index contributed by atoms with van der Waals surface area (Å²) in [6.07, 6.45) is 4.82. The molecule has 212 valence electrons. The second-order valence-electron chi connectivity index (χ2n) is 10.3. The number of Topliss-reactive ketones (excluding diaryl/α,β-unsaturated/α-hetero) is 1. The Balaban J connectivity index is 1.40. The second-order valence-corrected chi connectivity index (χ2v) is 10.3. The number of benzene rings is 1. The number of carbonyl (C=O) groups excluding carboxylic acids is 2. The number of anilines is 1. The van der Waals surface area contributed by atoms with Crippen LogP contribution in [0.25, 0.3) is 10.9 Å². The van der Waals surface area contributed by atoms with E-state index in [1.165, 1.54) is 12.3 Å². The number of aromatic nitrogens is 3. The number of hydrogen-bond donors (Lipinski definition) is 1. The topological polar surface area (TPSA) is 122 Å². The van der Waals surface area contributed by atoms with E-state index in [4.69, 9.17) is 14.2 Å². The van der Waals surface area contributed by atoms with Gasteiger partial charge in [-0.2, -0.15) is 0 Å². The molecular weight excluding hydrogens is 524 g/mol. The summed E-state index contributed by atoms with van der Waals surface area (Å²) >= 11 is 0. The van der Waals surface area contributed by atoms with Crippen LogP contribution in [0.15, 0.2) is 53.6 Å². The number of pyridine rings is 3. The molecule has 10 nitrogen and oxygen atoms in total. The SMILES string of the molecule is COc1cc2nccc(Oc3ccc(NC(=O)c4cc5c(n(C(C)C(C)C)c4=O)CCCC5=O)nc3)c2cc1OC. The molecule has 5 rings (SSSR count). The normalized spacial score (nSPS) is 13.6. The number of carbonyl (C=O) groups is 2. The van der Waals surface area contributed by atoms with Crippen LogP contribution in [0.2, 0.25) is 0 Å². The number of rotatable bonds is 8. The summed E-state index contributed by atoms with van der Waals surface area (Å²) in [5.74, 6) is 1.76. The number of amides is 1. The van der Waals surface area contributed by atoms with E-state index in [1.807, 2.05) is 20.8 Å². The maximum atomic E-state index is 13.5. The van der Waals surface area contributed by atoms with Crippen molar-refractivity contribution in [3.8, 4) is 23.0 Å². The molecule has 1 unspecified atom stereocenters. The van der Waals surface area contributed by atoms with E-state index in [-0.39, 0.29) is 29.1 Å². The zero-order valence-corrected chi connectivity index (χ0v) is 23.7. The van der Waals surface area contributed by atoms with Gasteiger partial charge in [-0.3, -0.25) is 19.4 Å². The third kappa shape index (κ3) is 5.37. The summed E-state index contributed by atoms with van der Waals surface area (Å²) in [5, 5.41) is 3.41. The average Bonchev–Trinajstić information content (AvgIpc) is 2.97. The number of nitrogens with one attached hydrogen (secondary N) is 1. The maximum Gasteiger partial charge on any atom is 0.263 e. The first-order valence-corrected chi connectivity index (χ1v) is 13.5. The van der Waals surface area contributed by atoms with E-state index in [2.05, 4.69) is 15.3 Å². The van der Waals surface area contributed by atoms with Crippen LogP contribution < -0.4 is 25.1 Å². The Bertz CT molecular complexity index is 1690. The smallest absolute Gasteiger partial charge is 0.263 e. The first kappa shape index (κ1) is 27.8. The molecule has 1 N–H and O–H groups in total. The monoisotopic (exact) mass is 556 g/mol. The van der Waals surface area contributed by atoms with Crippen molar-refractivity contribution < 1.29 is 23.8 Å². The van der Waals surface area contributed by atoms with Crippen LogP contribution in [-0.2, 0) is 6.42 Å². The van der Waals surface area contributed by atoms with Gasteiger partial charge in [0.25, 0.3) is 11.5 Å². The highest BCUT2D eigenvalue weighted by Crippen LogP contribution is 2.37. The minimum absolute atomic E-state index is 0.0515. The Hall–Kier alpha value is -4.73. The lowest BCUT2D eigenvalue weighted by Crippen LogP contribution is -2.37. The molecule has 3 aromatic heterocycles. The zero-order valence-electron chi connectivity index (χ0n) is 23.7. The van der Waals surface area contributed by atoms with Crippen molar-refractivity contribution in [3.05, 3.63) is 76.0 Å². The molecule has 0 aliphatic heterocycles. The van der Waals surface area contributed by atoms with Crippen LogP contribution in [0.3, 0.4) is 0 Å². The van der Waals surface area contributed by atoms with E-state index >= 15 is 0 Å². The summed E-state index contributed by atoms with van der Waals surface area (Å²) in [6, 6.07) is 9.79. The van der Waals surface area contributed by atoms with Crippen LogP contribution in [-0.4, -0.2) is 40.4 Å². The Morgan fingerprint density at radius 1 is 0.951 bits per heavy atom. The lowest BCUT2D eigenvalue weighted by Gasteiger charge is -2.27. The lowest BCUT2D eigenvalue weighted by molar-refractivity contribution is 0.0969. The molecule has 10 heteroatoms. The van der Waals surface area contributed by atoms with E-state index in [0.29, 0.717) is 59.0 Å². The average molecular weight is 557 g/mol. The molecule has 4 aromatic rings. The molecule has 0 fully saturated rings. The van der Waals surface area contributed by atoms with Gasteiger partial charge in [-0.05, 0) is 56.0 Å². The minimum Gasteiger partial charge on any atom is -0.493 e. The number of methoxy groups -OCH3 is 2. The molecule has 0 saturated carbocycles.